The van der Waals surface area contributed by atoms with Crippen LogP contribution in [0.3, 0.4) is 0 Å². The van der Waals surface area contributed by atoms with Gasteiger partial charge in [-0.05, 0) is 53.6 Å². The maximum atomic E-state index is 13.4. The number of fused-ring (bicyclic) bond motifs is 1. The molecule has 1 fully saturated rings. The first-order valence-electron chi connectivity index (χ1n) is 11.1. The van der Waals surface area contributed by atoms with E-state index in [-0.39, 0.29) is 42.7 Å². The van der Waals surface area contributed by atoms with Crippen molar-refractivity contribution in [1.82, 2.24) is 19.2 Å². The number of sulfonamides is 1. The molecule has 2 aromatic carbocycles. The zero-order chi connectivity index (χ0) is 24.6. The van der Waals surface area contributed by atoms with Crippen molar-refractivity contribution >= 4 is 38.4 Å². The number of aliphatic hydroxyl groups excluding tert-OH is 1. The first-order valence-corrected chi connectivity index (χ1v) is 12.9. The molecule has 0 unspecified atom stereocenters. The van der Waals surface area contributed by atoms with Crippen molar-refractivity contribution in [2.75, 3.05) is 26.2 Å². The fourth-order valence-electron chi connectivity index (χ4n) is 4.37. The van der Waals surface area contributed by atoms with E-state index in [4.69, 9.17) is 11.6 Å². The summed E-state index contributed by atoms with van der Waals surface area (Å²) in [4.78, 5) is 21.6. The number of aromatic amines is 1. The zero-order valence-corrected chi connectivity index (χ0v) is 20.3. The van der Waals surface area contributed by atoms with Crippen LogP contribution < -0.4 is 0 Å². The molecule has 180 valence electrons. The number of halogens is 1. The van der Waals surface area contributed by atoms with Crippen molar-refractivity contribution in [3.8, 4) is 11.1 Å². The van der Waals surface area contributed by atoms with Crippen LogP contribution in [0.25, 0.3) is 22.0 Å². The molecule has 1 amide bonds. The monoisotopic (exact) mass is 510 g/mol. The predicted molar refractivity (Wildman–Crippen MR) is 134 cm³/mol. The Labute approximate surface area is 207 Å². The van der Waals surface area contributed by atoms with E-state index in [1.165, 1.54) is 4.31 Å². The van der Waals surface area contributed by atoms with Gasteiger partial charge in [0.1, 0.15) is 0 Å². The minimum atomic E-state index is -3.90. The van der Waals surface area contributed by atoms with Gasteiger partial charge in [-0.15, -0.1) is 0 Å². The topological polar surface area (TPSA) is 107 Å². The molecule has 8 nitrogen and oxygen atoms in total. The Hall–Kier alpha value is -3.24. The van der Waals surface area contributed by atoms with Gasteiger partial charge in [-0.3, -0.25) is 9.78 Å². The third-order valence-electron chi connectivity index (χ3n) is 6.26. The molecule has 1 aliphatic heterocycles. The average molecular weight is 511 g/mol. The van der Waals surface area contributed by atoms with Gasteiger partial charge in [-0.25, -0.2) is 8.42 Å². The summed E-state index contributed by atoms with van der Waals surface area (Å²) in [7, 11) is -3.90. The van der Waals surface area contributed by atoms with E-state index in [0.29, 0.717) is 21.5 Å². The largest absolute Gasteiger partial charge is 0.392 e. The standard InChI is InChI=1S/C25H23ClN4O4S/c26-20-5-6-23-21(15-20)22(16-31)24(28-23)35(33,34)30-13-11-29(12-14-30)25(32)19-3-1-17(2-4-19)18-7-9-27-10-8-18/h1-10,15,28,31H,11-14,16H2. The van der Waals surface area contributed by atoms with Crippen LogP contribution in [0.1, 0.15) is 15.9 Å². The molecule has 0 spiro atoms. The number of carbonyl (C=O) groups is 1. The number of piperazine rings is 1. The third-order valence-corrected chi connectivity index (χ3v) is 8.40. The quantitative estimate of drug-likeness (QED) is 0.427. The van der Waals surface area contributed by atoms with Gasteiger partial charge in [0.25, 0.3) is 15.9 Å². The van der Waals surface area contributed by atoms with Crippen molar-refractivity contribution in [3.05, 3.63) is 83.1 Å². The lowest BCUT2D eigenvalue weighted by Crippen LogP contribution is -2.50. The number of H-pyrrole nitrogens is 1. The summed E-state index contributed by atoms with van der Waals surface area (Å²) in [6.07, 6.45) is 3.44. The number of amides is 1. The van der Waals surface area contributed by atoms with E-state index in [9.17, 15) is 18.3 Å². The van der Waals surface area contributed by atoms with Crippen LogP contribution in [0.15, 0.2) is 72.0 Å². The van der Waals surface area contributed by atoms with E-state index in [1.54, 1.807) is 47.6 Å². The van der Waals surface area contributed by atoms with E-state index < -0.39 is 16.6 Å². The van der Waals surface area contributed by atoms with E-state index in [0.717, 1.165) is 11.1 Å². The summed E-state index contributed by atoms with van der Waals surface area (Å²) in [6, 6.07) is 16.1. The summed E-state index contributed by atoms with van der Waals surface area (Å²) in [6.45, 7) is 0.409. The second-order valence-electron chi connectivity index (χ2n) is 8.29. The summed E-state index contributed by atoms with van der Waals surface area (Å²) >= 11 is 6.06. The van der Waals surface area contributed by atoms with Crippen LogP contribution in [0.2, 0.25) is 5.02 Å². The van der Waals surface area contributed by atoms with Crippen LogP contribution in [0.4, 0.5) is 0 Å². The van der Waals surface area contributed by atoms with Crippen molar-refractivity contribution in [1.29, 1.82) is 0 Å². The number of nitrogens with one attached hydrogen (secondary N) is 1. The van der Waals surface area contributed by atoms with Crippen molar-refractivity contribution < 1.29 is 18.3 Å². The minimum absolute atomic E-state index is 0.0382. The SMILES string of the molecule is O=C(c1ccc(-c2ccncc2)cc1)N1CCN(S(=O)(=O)c2[nH]c3ccc(Cl)cc3c2CO)CC1. The van der Waals surface area contributed by atoms with Crippen LogP contribution in [-0.2, 0) is 16.6 Å². The van der Waals surface area contributed by atoms with Crippen molar-refractivity contribution in [2.45, 2.75) is 11.6 Å². The number of benzene rings is 2. The highest BCUT2D eigenvalue weighted by molar-refractivity contribution is 7.89. The molecule has 4 aromatic rings. The molecular weight excluding hydrogens is 488 g/mol. The maximum absolute atomic E-state index is 13.4. The zero-order valence-electron chi connectivity index (χ0n) is 18.7. The predicted octanol–water partition coefficient (Wildman–Crippen LogP) is 3.52. The normalized spacial score (nSPS) is 15.0. The molecule has 5 rings (SSSR count). The van der Waals surface area contributed by atoms with Gasteiger partial charge in [-0.2, -0.15) is 4.31 Å². The number of hydrogen-bond donors (Lipinski definition) is 2. The number of pyridine rings is 1. The van der Waals surface area contributed by atoms with Gasteiger partial charge < -0.3 is 15.0 Å². The van der Waals surface area contributed by atoms with Crippen LogP contribution in [0, 0.1) is 0 Å². The Kier molecular flexibility index (Phi) is 6.33. The lowest BCUT2D eigenvalue weighted by Gasteiger charge is -2.34. The highest BCUT2D eigenvalue weighted by Gasteiger charge is 2.33. The Bertz CT molecular complexity index is 1480. The summed E-state index contributed by atoms with van der Waals surface area (Å²) in [5, 5.41) is 10.9. The van der Waals surface area contributed by atoms with Gasteiger partial charge >= 0.3 is 0 Å². The Morgan fingerprint density at radius 1 is 0.971 bits per heavy atom. The summed E-state index contributed by atoms with van der Waals surface area (Å²) in [5.74, 6) is -0.139. The van der Waals surface area contributed by atoms with Crippen molar-refractivity contribution in [2.24, 2.45) is 0 Å². The highest BCUT2D eigenvalue weighted by Crippen LogP contribution is 2.30. The summed E-state index contributed by atoms with van der Waals surface area (Å²) in [5.41, 5.74) is 3.42. The Balaban J connectivity index is 1.30. The smallest absolute Gasteiger partial charge is 0.259 e. The minimum Gasteiger partial charge on any atom is -0.392 e. The Morgan fingerprint density at radius 2 is 1.63 bits per heavy atom. The fraction of sp³-hybridized carbons (Fsp3) is 0.200. The van der Waals surface area contributed by atoms with Crippen molar-refractivity contribution in [3.63, 3.8) is 0 Å². The lowest BCUT2D eigenvalue weighted by molar-refractivity contribution is 0.0698. The molecule has 2 aromatic heterocycles. The molecule has 0 atom stereocenters. The second-order valence-corrected chi connectivity index (χ2v) is 10.6. The average Bonchev–Trinajstić information content (AvgIpc) is 3.27. The molecule has 0 bridgehead atoms. The highest BCUT2D eigenvalue weighted by atomic mass is 35.5. The van der Waals surface area contributed by atoms with Crippen LogP contribution in [0.5, 0.6) is 0 Å². The fourth-order valence-corrected chi connectivity index (χ4v) is 6.16. The first kappa shape index (κ1) is 23.5. The van der Waals surface area contributed by atoms with E-state index >= 15 is 0 Å². The molecule has 1 saturated heterocycles. The number of nitrogens with zero attached hydrogens (tertiary/aromatic N) is 3. The van der Waals surface area contributed by atoms with Gasteiger partial charge in [0.2, 0.25) is 0 Å². The van der Waals surface area contributed by atoms with Crippen LogP contribution in [-0.4, -0.2) is 64.8 Å². The molecule has 0 radical (unpaired) electrons. The van der Waals surface area contributed by atoms with Crippen LogP contribution >= 0.6 is 11.6 Å². The molecule has 35 heavy (non-hydrogen) atoms. The Morgan fingerprint density at radius 3 is 2.29 bits per heavy atom. The molecule has 2 N–H and O–H groups in total. The third kappa shape index (κ3) is 4.43. The number of rotatable bonds is 5. The number of hydrogen-bond acceptors (Lipinski definition) is 5. The molecule has 10 heteroatoms. The first-order chi connectivity index (χ1) is 16.9. The number of carbonyl (C=O) groups excluding carboxylic acids is 1. The maximum Gasteiger partial charge on any atom is 0.259 e. The summed E-state index contributed by atoms with van der Waals surface area (Å²) < 4.78 is 28.1. The van der Waals surface area contributed by atoms with Gasteiger partial charge in [0.15, 0.2) is 5.03 Å². The molecule has 0 saturated carbocycles. The van der Waals surface area contributed by atoms with E-state index in [2.05, 4.69) is 9.97 Å². The van der Waals surface area contributed by atoms with Gasteiger partial charge in [0, 0.05) is 65.6 Å². The second kappa shape index (κ2) is 9.43. The molecular formula is C25H23ClN4O4S. The lowest BCUT2D eigenvalue weighted by atomic mass is 10.0. The van der Waals surface area contributed by atoms with E-state index in [1.807, 2.05) is 24.3 Å². The number of aliphatic hydroxyl groups is 1. The molecule has 0 aliphatic carbocycles. The number of aromatic nitrogens is 2. The molecule has 1 aliphatic rings. The molecule has 3 heterocycles. The van der Waals surface area contributed by atoms with Gasteiger partial charge in [0.05, 0.1) is 6.61 Å². The van der Waals surface area contributed by atoms with Gasteiger partial charge in [-0.1, -0.05) is 23.7 Å².